The summed E-state index contributed by atoms with van der Waals surface area (Å²) in [5, 5.41) is 11.4. The van der Waals surface area contributed by atoms with E-state index in [-0.39, 0.29) is 6.61 Å². The Kier molecular flexibility index (Phi) is 2.28. The average Bonchev–Trinajstić information content (AvgIpc) is 2.81. The van der Waals surface area contributed by atoms with Crippen molar-refractivity contribution in [2.45, 2.75) is 19.1 Å². The summed E-state index contributed by atoms with van der Waals surface area (Å²) in [6, 6.07) is 11.3. The molecule has 0 unspecified atom stereocenters. The molecule has 0 saturated heterocycles. The summed E-state index contributed by atoms with van der Waals surface area (Å²) in [5.41, 5.74) is 1.05. The summed E-state index contributed by atoms with van der Waals surface area (Å²) in [7, 11) is 0. The molecular formula is C14H12NO3-. The number of aromatic nitrogens is 1. The van der Waals surface area contributed by atoms with Crippen LogP contribution in [-0.2, 0) is 21.7 Å². The van der Waals surface area contributed by atoms with Crippen molar-refractivity contribution in [3.05, 3.63) is 53.9 Å². The summed E-state index contributed by atoms with van der Waals surface area (Å²) in [5.74, 6) is -1.23. The van der Waals surface area contributed by atoms with Crippen LogP contribution in [0.3, 0.4) is 0 Å². The lowest BCUT2D eigenvalue weighted by atomic mass is 10.0. The van der Waals surface area contributed by atoms with E-state index >= 15 is 0 Å². The summed E-state index contributed by atoms with van der Waals surface area (Å²) >= 11 is 0. The Balaban J connectivity index is 2.27. The van der Waals surface area contributed by atoms with Gasteiger partial charge in [-0.3, -0.25) is 0 Å². The third-order valence-electron chi connectivity index (χ3n) is 3.39. The molecule has 1 aliphatic rings. The second-order valence-electron chi connectivity index (χ2n) is 4.50. The van der Waals surface area contributed by atoms with Crippen molar-refractivity contribution >= 4 is 5.97 Å². The molecule has 92 valence electrons. The van der Waals surface area contributed by atoms with Crippen LogP contribution in [0.4, 0.5) is 0 Å². The molecule has 1 aromatic heterocycles. The number of carboxylic acid groups (broad SMARTS) is 1. The Hall–Kier alpha value is -2.07. The second kappa shape index (κ2) is 3.71. The van der Waals surface area contributed by atoms with E-state index in [0.29, 0.717) is 5.69 Å². The number of ether oxygens (including phenoxy) is 1. The lowest BCUT2D eigenvalue weighted by Gasteiger charge is -2.29. The molecule has 3 rings (SSSR count). The van der Waals surface area contributed by atoms with Crippen LogP contribution in [0.25, 0.3) is 5.69 Å². The number of hydrogen-bond donors (Lipinski definition) is 0. The molecule has 0 saturated carbocycles. The van der Waals surface area contributed by atoms with Gasteiger partial charge < -0.3 is 19.2 Å². The standard InChI is InChI=1S/C14H13NO3/c1-14(13(16)17)12-7-4-8-15(12)11-6-3-2-5-10(11)9-18-14/h2-8H,9H2,1H3,(H,16,17)/p-1/t14-/m0/s1. The first-order valence-electron chi connectivity index (χ1n) is 5.74. The Morgan fingerprint density at radius 3 is 2.89 bits per heavy atom. The molecule has 4 nitrogen and oxygen atoms in total. The van der Waals surface area contributed by atoms with Gasteiger partial charge >= 0.3 is 0 Å². The van der Waals surface area contributed by atoms with E-state index in [1.54, 1.807) is 6.07 Å². The SMILES string of the molecule is C[C@]1(C(=O)[O-])OCc2ccccc2-n2cccc21. The number of aliphatic carboxylic acids is 1. The molecule has 4 heteroatoms. The molecule has 0 radical (unpaired) electrons. The Morgan fingerprint density at radius 1 is 1.33 bits per heavy atom. The molecular weight excluding hydrogens is 230 g/mol. The van der Waals surface area contributed by atoms with E-state index in [2.05, 4.69) is 0 Å². The highest BCUT2D eigenvalue weighted by atomic mass is 16.5. The Morgan fingerprint density at radius 2 is 2.11 bits per heavy atom. The maximum Gasteiger partial charge on any atom is 0.145 e. The first-order chi connectivity index (χ1) is 8.63. The highest BCUT2D eigenvalue weighted by Crippen LogP contribution is 2.33. The molecule has 0 spiro atoms. The fourth-order valence-electron chi connectivity index (χ4n) is 2.31. The highest BCUT2D eigenvalue weighted by Gasteiger charge is 2.35. The van der Waals surface area contributed by atoms with E-state index in [1.807, 2.05) is 41.1 Å². The fourth-order valence-corrected chi connectivity index (χ4v) is 2.31. The van der Waals surface area contributed by atoms with Gasteiger partial charge in [0, 0.05) is 11.8 Å². The van der Waals surface area contributed by atoms with Crippen LogP contribution in [0, 0.1) is 0 Å². The van der Waals surface area contributed by atoms with E-state index in [1.165, 1.54) is 6.92 Å². The summed E-state index contributed by atoms with van der Waals surface area (Å²) in [6.45, 7) is 1.78. The van der Waals surface area contributed by atoms with Gasteiger partial charge in [-0.1, -0.05) is 18.2 Å². The van der Waals surface area contributed by atoms with Gasteiger partial charge in [-0.25, -0.2) is 0 Å². The third kappa shape index (κ3) is 1.39. The zero-order valence-corrected chi connectivity index (χ0v) is 9.92. The number of rotatable bonds is 1. The number of nitrogens with zero attached hydrogens (tertiary/aromatic N) is 1. The third-order valence-corrected chi connectivity index (χ3v) is 3.39. The van der Waals surface area contributed by atoms with Crippen LogP contribution in [-0.4, -0.2) is 10.5 Å². The van der Waals surface area contributed by atoms with Crippen LogP contribution >= 0.6 is 0 Å². The molecule has 0 amide bonds. The van der Waals surface area contributed by atoms with Crippen molar-refractivity contribution in [2.75, 3.05) is 0 Å². The summed E-state index contributed by atoms with van der Waals surface area (Å²) < 4.78 is 7.43. The van der Waals surface area contributed by atoms with Crippen LogP contribution in [0.15, 0.2) is 42.6 Å². The van der Waals surface area contributed by atoms with E-state index < -0.39 is 11.6 Å². The largest absolute Gasteiger partial charge is 0.547 e. The van der Waals surface area contributed by atoms with Gasteiger partial charge in [-0.2, -0.15) is 0 Å². The van der Waals surface area contributed by atoms with Crippen molar-refractivity contribution in [3.8, 4) is 5.69 Å². The molecule has 18 heavy (non-hydrogen) atoms. The van der Waals surface area contributed by atoms with E-state index in [4.69, 9.17) is 4.74 Å². The van der Waals surface area contributed by atoms with E-state index in [0.717, 1.165) is 11.3 Å². The van der Waals surface area contributed by atoms with Gasteiger partial charge in [0.25, 0.3) is 0 Å². The number of para-hydroxylation sites is 1. The number of benzene rings is 1. The predicted molar refractivity (Wildman–Crippen MR) is 62.9 cm³/mol. The number of carbonyl (C=O) groups excluding carboxylic acids is 1. The number of carboxylic acids is 1. The smallest absolute Gasteiger partial charge is 0.145 e. The van der Waals surface area contributed by atoms with Crippen LogP contribution in [0.5, 0.6) is 0 Å². The first-order valence-corrected chi connectivity index (χ1v) is 5.74. The van der Waals surface area contributed by atoms with Crippen molar-refractivity contribution in [3.63, 3.8) is 0 Å². The zero-order valence-electron chi connectivity index (χ0n) is 9.92. The molecule has 0 N–H and O–H groups in total. The summed E-state index contributed by atoms with van der Waals surface area (Å²) in [4.78, 5) is 11.4. The predicted octanol–water partition coefficient (Wildman–Crippen LogP) is 0.973. The second-order valence-corrected chi connectivity index (χ2v) is 4.50. The maximum atomic E-state index is 11.4. The van der Waals surface area contributed by atoms with E-state index in [9.17, 15) is 9.90 Å². The molecule has 0 aliphatic carbocycles. The fraction of sp³-hybridized carbons (Fsp3) is 0.214. The summed E-state index contributed by atoms with van der Waals surface area (Å²) in [6.07, 6.45) is 1.84. The molecule has 2 heterocycles. The molecule has 1 aromatic carbocycles. The average molecular weight is 242 g/mol. The van der Waals surface area contributed by atoms with Gasteiger partial charge in [-0.15, -0.1) is 0 Å². The van der Waals surface area contributed by atoms with Gasteiger partial charge in [-0.05, 0) is 25.1 Å². The van der Waals surface area contributed by atoms with Gasteiger partial charge in [0.1, 0.15) is 5.60 Å². The molecule has 1 atom stereocenters. The van der Waals surface area contributed by atoms with Gasteiger partial charge in [0.2, 0.25) is 0 Å². The van der Waals surface area contributed by atoms with Crippen molar-refractivity contribution in [1.82, 2.24) is 4.57 Å². The molecule has 0 bridgehead atoms. The number of hydrogen-bond acceptors (Lipinski definition) is 3. The topological polar surface area (TPSA) is 54.3 Å². The minimum Gasteiger partial charge on any atom is -0.547 e. The normalized spacial score (nSPS) is 21.8. The number of fused-ring (bicyclic) bond motifs is 3. The Bertz CT molecular complexity index is 617. The zero-order chi connectivity index (χ0) is 12.8. The lowest BCUT2D eigenvalue weighted by Crippen LogP contribution is -2.46. The van der Waals surface area contributed by atoms with Crippen molar-refractivity contribution in [1.29, 1.82) is 0 Å². The van der Waals surface area contributed by atoms with Gasteiger partial charge in [0.15, 0.2) is 0 Å². The van der Waals surface area contributed by atoms with Crippen molar-refractivity contribution < 1.29 is 14.6 Å². The van der Waals surface area contributed by atoms with Crippen LogP contribution in [0.1, 0.15) is 18.2 Å². The number of carbonyl (C=O) groups is 1. The van der Waals surface area contributed by atoms with Gasteiger partial charge in [0.05, 0.1) is 24.0 Å². The van der Waals surface area contributed by atoms with Crippen LogP contribution in [0.2, 0.25) is 0 Å². The molecule has 2 aromatic rings. The maximum absolute atomic E-state index is 11.4. The lowest BCUT2D eigenvalue weighted by molar-refractivity contribution is -0.329. The first kappa shape index (κ1) is 11.0. The Labute approximate surface area is 104 Å². The monoisotopic (exact) mass is 242 g/mol. The minimum atomic E-state index is -1.43. The van der Waals surface area contributed by atoms with Crippen molar-refractivity contribution in [2.24, 2.45) is 0 Å². The van der Waals surface area contributed by atoms with Crippen LogP contribution < -0.4 is 5.11 Å². The molecule has 0 fully saturated rings. The highest BCUT2D eigenvalue weighted by molar-refractivity contribution is 5.77. The quantitative estimate of drug-likeness (QED) is 0.748. The molecule has 1 aliphatic heterocycles. The minimum absolute atomic E-state index is 0.252.